The zero-order chi connectivity index (χ0) is 24.5. The van der Waals surface area contributed by atoms with Crippen molar-refractivity contribution in [3.05, 3.63) is 62.5 Å². The Bertz CT molecular complexity index is 1000. The van der Waals surface area contributed by atoms with Crippen molar-refractivity contribution < 1.29 is 28.7 Å². The molecule has 33 heavy (non-hydrogen) atoms. The molecule has 0 aliphatic carbocycles. The van der Waals surface area contributed by atoms with Gasteiger partial charge in [0, 0.05) is 29.3 Å². The number of nitro groups is 1. The van der Waals surface area contributed by atoms with E-state index in [1.807, 2.05) is 6.92 Å². The Morgan fingerprint density at radius 3 is 2.27 bits per heavy atom. The molecule has 11 heteroatoms. The molecule has 1 heterocycles. The normalized spacial score (nSPS) is 15.6. The second-order valence-electron chi connectivity index (χ2n) is 6.75. The Labute approximate surface area is 201 Å². The van der Waals surface area contributed by atoms with E-state index >= 15 is 0 Å². The largest absolute Gasteiger partial charge is 0.479 e. The van der Waals surface area contributed by atoms with Gasteiger partial charge in [0.15, 0.2) is 0 Å². The van der Waals surface area contributed by atoms with E-state index in [1.165, 1.54) is 30.0 Å². The third kappa shape index (κ3) is 6.55. The number of rotatable bonds is 9. The summed E-state index contributed by atoms with van der Waals surface area (Å²) in [6.07, 6.45) is 0. The van der Waals surface area contributed by atoms with Crippen LogP contribution in [0.2, 0.25) is 0 Å². The average molecular weight is 495 g/mol. The molecule has 1 N–H and O–H groups in total. The van der Waals surface area contributed by atoms with E-state index in [1.54, 1.807) is 26.8 Å². The van der Waals surface area contributed by atoms with Crippen molar-refractivity contribution in [1.82, 2.24) is 5.32 Å². The summed E-state index contributed by atoms with van der Waals surface area (Å²) in [7, 11) is 0. The number of thioether (sulfide) groups is 1. The summed E-state index contributed by atoms with van der Waals surface area (Å²) in [5.74, 6) is -1.96. The second kappa shape index (κ2) is 12.4. The number of thiocarbonyl (C=S) groups is 1. The first-order valence-corrected chi connectivity index (χ1v) is 11.7. The van der Waals surface area contributed by atoms with Gasteiger partial charge in [0.1, 0.15) is 0 Å². The summed E-state index contributed by atoms with van der Waals surface area (Å²) in [5, 5.41) is 14.5. The van der Waals surface area contributed by atoms with E-state index in [9.17, 15) is 19.7 Å². The molecule has 1 aliphatic rings. The minimum atomic E-state index is -0.930. The van der Waals surface area contributed by atoms with E-state index in [2.05, 4.69) is 5.32 Å². The number of nitro benzene ring substituents is 1. The molecular weight excluding hydrogens is 468 g/mol. The molecule has 0 saturated heterocycles. The van der Waals surface area contributed by atoms with E-state index in [0.717, 1.165) is 0 Å². The molecule has 0 fully saturated rings. The Morgan fingerprint density at radius 2 is 1.70 bits per heavy atom. The predicted molar refractivity (Wildman–Crippen MR) is 129 cm³/mol. The van der Waals surface area contributed by atoms with Gasteiger partial charge in [-0.25, -0.2) is 9.59 Å². The molecule has 0 amide bonds. The molecule has 0 spiro atoms. The minimum Gasteiger partial charge on any atom is -0.479 e. The quantitative estimate of drug-likeness (QED) is 0.234. The number of carbonyl (C=O) groups excluding carboxylic acids is 2. The fourth-order valence-corrected chi connectivity index (χ4v) is 4.37. The molecule has 2 rings (SSSR count). The number of ether oxygens (including phenoxy) is 3. The van der Waals surface area contributed by atoms with Crippen LogP contribution in [0.15, 0.2) is 46.8 Å². The lowest BCUT2D eigenvalue weighted by molar-refractivity contribution is -0.384. The van der Waals surface area contributed by atoms with Crippen LogP contribution in [0.4, 0.5) is 5.69 Å². The van der Waals surface area contributed by atoms with Crippen molar-refractivity contribution >= 4 is 46.0 Å². The first kappa shape index (κ1) is 26.3. The summed E-state index contributed by atoms with van der Waals surface area (Å²) >= 11 is 6.40. The molecule has 0 bridgehead atoms. The third-order valence-corrected chi connectivity index (χ3v) is 5.90. The SMILES string of the molecule is CCOC(=O)C1=C(C)NC(CSC(=S)OCC)=C(C(=O)OCC)C1c1cccc([N+](=O)[O-])c1. The Morgan fingerprint density at radius 1 is 1.09 bits per heavy atom. The summed E-state index contributed by atoms with van der Waals surface area (Å²) in [4.78, 5) is 36.9. The number of nitrogens with zero attached hydrogens (tertiary/aromatic N) is 1. The maximum Gasteiger partial charge on any atom is 0.336 e. The molecule has 0 radical (unpaired) electrons. The second-order valence-corrected chi connectivity index (χ2v) is 8.33. The molecule has 1 aromatic rings. The third-order valence-electron chi connectivity index (χ3n) is 4.65. The maximum atomic E-state index is 13.1. The van der Waals surface area contributed by atoms with Gasteiger partial charge in [-0.2, -0.15) is 0 Å². The zero-order valence-corrected chi connectivity index (χ0v) is 20.5. The van der Waals surface area contributed by atoms with Crippen molar-refractivity contribution in [3.8, 4) is 0 Å². The van der Waals surface area contributed by atoms with Crippen molar-refractivity contribution in [3.63, 3.8) is 0 Å². The van der Waals surface area contributed by atoms with Gasteiger partial charge in [-0.1, -0.05) is 23.9 Å². The van der Waals surface area contributed by atoms with Crippen molar-refractivity contribution in [2.45, 2.75) is 33.6 Å². The Kier molecular flexibility index (Phi) is 9.86. The highest BCUT2D eigenvalue weighted by Gasteiger charge is 2.39. The Balaban J connectivity index is 2.69. The van der Waals surface area contributed by atoms with Crippen LogP contribution in [0.3, 0.4) is 0 Å². The van der Waals surface area contributed by atoms with Crippen LogP contribution in [0.1, 0.15) is 39.2 Å². The standard InChI is InChI=1S/C22H26N2O7S2/c1-5-29-20(25)17-13(4)23-16(12-33-22(32)31-7-3)19(21(26)30-6-2)18(17)14-9-8-10-15(11-14)24(27)28/h8-11,18,23H,5-7,12H2,1-4H3. The summed E-state index contributed by atoms with van der Waals surface area (Å²) in [6.45, 7) is 7.48. The van der Waals surface area contributed by atoms with Crippen LogP contribution in [0, 0.1) is 10.1 Å². The van der Waals surface area contributed by atoms with Gasteiger partial charge in [0.25, 0.3) is 5.69 Å². The van der Waals surface area contributed by atoms with Crippen LogP contribution >= 0.6 is 24.0 Å². The molecular formula is C22H26N2O7S2. The summed E-state index contributed by atoms with van der Waals surface area (Å²) in [5.41, 5.74) is 1.52. The number of non-ortho nitro benzene ring substituents is 1. The first-order valence-electron chi connectivity index (χ1n) is 10.3. The molecule has 1 atom stereocenters. The van der Waals surface area contributed by atoms with Gasteiger partial charge in [-0.15, -0.1) is 0 Å². The van der Waals surface area contributed by atoms with Crippen LogP contribution < -0.4 is 5.32 Å². The minimum absolute atomic E-state index is 0.110. The van der Waals surface area contributed by atoms with Gasteiger partial charge < -0.3 is 19.5 Å². The van der Waals surface area contributed by atoms with Crippen LogP contribution in [-0.2, 0) is 23.8 Å². The fourth-order valence-electron chi connectivity index (χ4n) is 3.38. The van der Waals surface area contributed by atoms with Crippen LogP contribution in [-0.4, -0.2) is 46.8 Å². The fraction of sp³-hybridized carbons (Fsp3) is 0.409. The molecule has 1 aliphatic heterocycles. The molecule has 1 unspecified atom stereocenters. The molecule has 9 nitrogen and oxygen atoms in total. The van der Waals surface area contributed by atoms with E-state index in [0.29, 0.717) is 27.9 Å². The number of hydrogen-bond donors (Lipinski definition) is 1. The lowest BCUT2D eigenvalue weighted by Gasteiger charge is -2.31. The lowest BCUT2D eigenvalue weighted by Crippen LogP contribution is -2.34. The molecule has 178 valence electrons. The number of dihydropyridines is 1. The van der Waals surface area contributed by atoms with E-state index < -0.39 is 22.8 Å². The van der Waals surface area contributed by atoms with Gasteiger partial charge in [0.2, 0.25) is 4.38 Å². The van der Waals surface area contributed by atoms with Gasteiger partial charge >= 0.3 is 11.9 Å². The number of carbonyl (C=O) groups is 2. The highest BCUT2D eigenvalue weighted by Crippen LogP contribution is 2.41. The monoisotopic (exact) mass is 494 g/mol. The zero-order valence-electron chi connectivity index (χ0n) is 18.8. The maximum absolute atomic E-state index is 13.1. The van der Waals surface area contributed by atoms with Crippen molar-refractivity contribution in [2.24, 2.45) is 0 Å². The first-order chi connectivity index (χ1) is 15.7. The number of hydrogen-bond acceptors (Lipinski definition) is 10. The lowest BCUT2D eigenvalue weighted by atomic mass is 9.80. The van der Waals surface area contributed by atoms with Gasteiger partial charge in [-0.05, 0) is 45.5 Å². The number of benzene rings is 1. The smallest absolute Gasteiger partial charge is 0.336 e. The molecule has 1 aromatic carbocycles. The van der Waals surface area contributed by atoms with Gasteiger partial charge in [0.05, 0.1) is 41.8 Å². The van der Waals surface area contributed by atoms with E-state index in [4.69, 9.17) is 26.4 Å². The summed E-state index contributed by atoms with van der Waals surface area (Å²) < 4.78 is 16.2. The molecule has 0 saturated carbocycles. The van der Waals surface area contributed by atoms with Gasteiger partial charge in [-0.3, -0.25) is 10.1 Å². The number of nitrogens with one attached hydrogen (secondary N) is 1. The van der Waals surface area contributed by atoms with E-state index in [-0.39, 0.29) is 35.8 Å². The number of esters is 2. The summed E-state index contributed by atoms with van der Waals surface area (Å²) in [6, 6.07) is 5.83. The highest BCUT2D eigenvalue weighted by molar-refractivity contribution is 8.22. The molecule has 0 aromatic heterocycles. The number of allylic oxidation sites excluding steroid dienone is 1. The van der Waals surface area contributed by atoms with Crippen LogP contribution in [0.25, 0.3) is 0 Å². The highest BCUT2D eigenvalue weighted by atomic mass is 32.2. The van der Waals surface area contributed by atoms with Crippen LogP contribution in [0.5, 0.6) is 0 Å². The van der Waals surface area contributed by atoms with Crippen molar-refractivity contribution in [2.75, 3.05) is 25.6 Å². The Hall–Kier alpha value is -2.92. The topological polar surface area (TPSA) is 117 Å². The average Bonchev–Trinajstić information content (AvgIpc) is 2.77. The predicted octanol–water partition coefficient (Wildman–Crippen LogP) is 3.99. The van der Waals surface area contributed by atoms with Crippen molar-refractivity contribution in [1.29, 1.82) is 0 Å².